The van der Waals surface area contributed by atoms with Crippen molar-refractivity contribution in [1.82, 2.24) is 40.0 Å². The molecule has 2 aromatic heterocycles. The molecule has 5 aliphatic heterocycles. The summed E-state index contributed by atoms with van der Waals surface area (Å²) in [5.74, 6) is -0.647. The van der Waals surface area contributed by atoms with E-state index in [-0.39, 0.29) is 42.5 Å². The van der Waals surface area contributed by atoms with Gasteiger partial charge in [0.15, 0.2) is 35.2 Å². The molecule has 35 heteroatoms. The molecule has 2 aromatic rings. The summed E-state index contributed by atoms with van der Waals surface area (Å²) in [7, 11) is -14.0. The van der Waals surface area contributed by atoms with Gasteiger partial charge in [0.2, 0.25) is 0 Å². The molecule has 13 N–H and O–H groups in total. The van der Waals surface area contributed by atoms with Crippen LogP contribution in [0.15, 0.2) is 62.0 Å². The van der Waals surface area contributed by atoms with E-state index in [1.807, 2.05) is 0 Å². The van der Waals surface area contributed by atoms with Crippen molar-refractivity contribution in [2.24, 2.45) is 5.92 Å². The number of hydrogen-bond donors (Lipinski definition) is 13. The quantitative estimate of drug-likeness (QED) is 0.0533. The van der Waals surface area contributed by atoms with E-state index in [1.165, 1.54) is 40.5 Å². The van der Waals surface area contributed by atoms with Crippen LogP contribution >= 0.6 is 23.5 Å². The van der Waals surface area contributed by atoms with E-state index >= 15 is 0 Å². The SMILES string of the molecule is C=C1NC(=O)C=CN1[C@@H]1CC(COP(=O)(O)O)[C@H]2OC(C)(C)OC21.C=C1NC(=O)C=CN1[C@@H]1OC(COP(=O)(O)O)[C@@H](O)[C@H]1O.CCCCOCCCNc1ncnc2c1ncn2[C@@H]1OC(COP(=O)(O)O)[C@@H](O)[C@H]1O. The molecule has 0 spiro atoms. The van der Waals surface area contributed by atoms with Crippen molar-refractivity contribution < 1.29 is 110 Å². The van der Waals surface area contributed by atoms with Crippen LogP contribution in [0.25, 0.3) is 11.2 Å². The molecule has 8 rings (SSSR count). The maximum Gasteiger partial charge on any atom is 0.469 e. The number of amides is 2. The van der Waals surface area contributed by atoms with Crippen LogP contribution in [0.2, 0.25) is 0 Å². The summed E-state index contributed by atoms with van der Waals surface area (Å²) in [5, 5.41) is 48.5. The third-order valence-corrected chi connectivity index (χ3v) is 13.5. The lowest BCUT2D eigenvalue weighted by Crippen LogP contribution is -2.46. The fourth-order valence-electron chi connectivity index (χ4n) is 8.64. The van der Waals surface area contributed by atoms with E-state index in [2.05, 4.69) is 64.6 Å². The summed E-state index contributed by atoms with van der Waals surface area (Å²) >= 11 is 0. The number of phosphoric acid groups is 3. The Bertz CT molecular complexity index is 2580. The fraction of sp³-hybridized carbons (Fsp3) is 0.634. The summed E-state index contributed by atoms with van der Waals surface area (Å²) < 4.78 is 75.6. The van der Waals surface area contributed by atoms with Crippen LogP contribution in [-0.4, -0.2) is 197 Å². The number of carbonyl (C=O) groups excluding carboxylic acids is 2. The highest BCUT2D eigenvalue weighted by Crippen LogP contribution is 2.47. The third kappa shape index (κ3) is 16.4. The number of nitrogens with zero attached hydrogens (tertiary/aromatic N) is 6. The normalized spacial score (nSPS) is 30.2. The number of hydrogen-bond acceptors (Lipinski definition) is 23. The summed E-state index contributed by atoms with van der Waals surface area (Å²) in [6.45, 7) is 13.8. The number of carbonyl (C=O) groups is 2. The lowest BCUT2D eigenvalue weighted by molar-refractivity contribution is -0.162. The molecule has 4 unspecified atom stereocenters. The summed E-state index contributed by atoms with van der Waals surface area (Å²) in [4.78, 5) is 91.1. The van der Waals surface area contributed by atoms with Gasteiger partial charge in [-0.2, -0.15) is 0 Å². The van der Waals surface area contributed by atoms with Gasteiger partial charge in [-0.1, -0.05) is 26.5 Å². The molecular formula is C41H64N9O23P3. The minimum absolute atomic E-state index is 0.135. The fourth-order valence-corrected chi connectivity index (χ4v) is 9.71. The molecule has 76 heavy (non-hydrogen) atoms. The zero-order valence-corrected chi connectivity index (χ0v) is 43.9. The Labute approximate surface area is 434 Å². The Hall–Kier alpha value is -4.18. The average Bonchev–Trinajstić information content (AvgIpc) is 4.12. The van der Waals surface area contributed by atoms with Gasteiger partial charge in [0.1, 0.15) is 60.7 Å². The number of aromatic nitrogens is 4. The van der Waals surface area contributed by atoms with Crippen LogP contribution < -0.4 is 16.0 Å². The van der Waals surface area contributed by atoms with Crippen LogP contribution in [0.5, 0.6) is 0 Å². The Morgan fingerprint density at radius 3 is 1.83 bits per heavy atom. The van der Waals surface area contributed by atoms with Gasteiger partial charge < -0.3 is 99.2 Å². The molecule has 3 saturated heterocycles. The number of ether oxygens (including phenoxy) is 5. The number of imidazole rings is 1. The van der Waals surface area contributed by atoms with E-state index in [4.69, 9.17) is 53.0 Å². The van der Waals surface area contributed by atoms with Gasteiger partial charge in [-0.05, 0) is 33.1 Å². The first-order valence-electron chi connectivity index (χ1n) is 23.5. The number of rotatable bonds is 20. The van der Waals surface area contributed by atoms with E-state index in [0.29, 0.717) is 42.4 Å². The number of nitrogens with one attached hydrogen (secondary N) is 3. The van der Waals surface area contributed by atoms with Crippen molar-refractivity contribution in [1.29, 1.82) is 0 Å². The Kier molecular flexibility index (Phi) is 20.7. The smallest absolute Gasteiger partial charge is 0.387 e. The minimum Gasteiger partial charge on any atom is -0.387 e. The van der Waals surface area contributed by atoms with Gasteiger partial charge in [0.25, 0.3) is 11.8 Å². The summed E-state index contributed by atoms with van der Waals surface area (Å²) in [6.07, 6.45) is 0.958. The predicted octanol–water partition coefficient (Wildman–Crippen LogP) is -1.45. The van der Waals surface area contributed by atoms with E-state index in [9.17, 15) is 43.7 Å². The highest BCUT2D eigenvalue weighted by molar-refractivity contribution is 7.46. The maximum atomic E-state index is 11.4. The second-order valence-corrected chi connectivity index (χ2v) is 21.9. The van der Waals surface area contributed by atoms with Crippen molar-refractivity contribution >= 4 is 52.3 Å². The van der Waals surface area contributed by atoms with Gasteiger partial charge in [0, 0.05) is 50.2 Å². The van der Waals surface area contributed by atoms with Crippen molar-refractivity contribution in [2.75, 3.05) is 44.9 Å². The molecule has 0 radical (unpaired) electrons. The van der Waals surface area contributed by atoms with Crippen molar-refractivity contribution in [3.05, 3.63) is 62.0 Å². The zero-order chi connectivity index (χ0) is 55.9. The molecule has 0 aromatic carbocycles. The molecular weight excluding hydrogens is 1080 g/mol. The zero-order valence-electron chi connectivity index (χ0n) is 41.2. The molecule has 12 atom stereocenters. The molecule has 2 amide bonds. The number of aliphatic hydroxyl groups excluding tert-OH is 4. The molecule has 1 saturated carbocycles. The first-order valence-corrected chi connectivity index (χ1v) is 28.1. The number of fused-ring (bicyclic) bond motifs is 2. The van der Waals surface area contributed by atoms with Crippen LogP contribution in [0, 0.1) is 5.92 Å². The van der Waals surface area contributed by atoms with E-state index < -0.39 is 97.5 Å². The number of anilines is 1. The summed E-state index contributed by atoms with van der Waals surface area (Å²) in [5.41, 5.74) is 0.819. The van der Waals surface area contributed by atoms with Gasteiger partial charge >= 0.3 is 23.5 Å². The van der Waals surface area contributed by atoms with Gasteiger partial charge in [0.05, 0.1) is 38.3 Å². The lowest BCUT2D eigenvalue weighted by atomic mass is 10.1. The Balaban J connectivity index is 0.000000189. The van der Waals surface area contributed by atoms with Gasteiger partial charge in [-0.3, -0.25) is 27.7 Å². The molecule has 7 heterocycles. The van der Waals surface area contributed by atoms with Crippen LogP contribution in [-0.2, 0) is 60.5 Å². The minimum atomic E-state index is -4.74. The average molecular weight is 1140 g/mol. The standard InChI is InChI=1S/C17H28N5O8P.C14H21N2O7P.C10H15N2O8P/c1-2-3-6-28-7-4-5-18-15-12-16(20-9-19-15)22(10-21-12)17-14(24)13(23)11(30-17)8-29-31(25,26)27;1-8-15-11(17)4-5-16(8)10-6-9(7-21-24(18,19)20)12-13(10)23-14(2,3)22-12;1-5-11-7(13)2-3-12(5)10-9(15)8(14)6(20-10)4-19-21(16,17)18/h9-11,13-14,17,23-24H,2-8H2,1H3,(H,18,19,20)(H2,25,26,27);4-5,9-10,12-13H,1,6-7H2,2-3H3,(H,15,17)(H2,18,19,20);2-3,6,8-10,14-15H,1,4H2,(H,11,13)(H2,16,17,18)/t11?,13-,14-,17-;9?,10-,12-,13?;6?,8-,9-,10-/m111/s1. The summed E-state index contributed by atoms with van der Waals surface area (Å²) in [6, 6.07) is -0.188. The van der Waals surface area contributed by atoms with E-state index in [1.54, 1.807) is 24.9 Å². The number of unbranched alkanes of at least 4 members (excludes halogenated alkanes) is 1. The lowest BCUT2D eigenvalue weighted by Gasteiger charge is -2.34. The Morgan fingerprint density at radius 2 is 1.26 bits per heavy atom. The molecule has 426 valence electrons. The van der Waals surface area contributed by atoms with Crippen molar-refractivity contribution in [3.8, 4) is 0 Å². The number of aliphatic hydroxyl groups is 4. The third-order valence-electron chi connectivity index (χ3n) is 12.1. The second-order valence-electron chi connectivity index (χ2n) is 18.2. The largest absolute Gasteiger partial charge is 0.469 e. The first kappa shape index (κ1) is 61.0. The highest BCUT2D eigenvalue weighted by Gasteiger charge is 2.56. The van der Waals surface area contributed by atoms with Crippen LogP contribution in [0.3, 0.4) is 0 Å². The van der Waals surface area contributed by atoms with Crippen LogP contribution in [0.4, 0.5) is 5.82 Å². The maximum absolute atomic E-state index is 11.4. The highest BCUT2D eigenvalue weighted by atomic mass is 31.2. The van der Waals surface area contributed by atoms with Crippen molar-refractivity contribution in [2.45, 2.75) is 120 Å². The van der Waals surface area contributed by atoms with Crippen molar-refractivity contribution in [3.63, 3.8) is 0 Å². The molecule has 6 aliphatic rings. The number of phosphoric ester groups is 3. The predicted molar refractivity (Wildman–Crippen MR) is 257 cm³/mol. The van der Waals surface area contributed by atoms with E-state index in [0.717, 1.165) is 25.9 Å². The first-order chi connectivity index (χ1) is 35.6. The second kappa shape index (κ2) is 25.7. The molecule has 32 nitrogen and oxygen atoms in total. The Morgan fingerprint density at radius 1 is 0.737 bits per heavy atom. The van der Waals surface area contributed by atoms with Gasteiger partial charge in [-0.15, -0.1) is 0 Å². The topological polar surface area (TPSA) is 448 Å². The van der Waals surface area contributed by atoms with Gasteiger partial charge in [-0.25, -0.2) is 28.6 Å². The molecule has 4 fully saturated rings. The molecule has 1 aliphatic carbocycles. The monoisotopic (exact) mass is 1140 g/mol. The molecule has 0 bridgehead atoms. The van der Waals surface area contributed by atoms with Crippen LogP contribution in [0.1, 0.15) is 52.7 Å².